The zero-order valence-electron chi connectivity index (χ0n) is 13.0. The molecule has 1 spiro atoms. The van der Waals surface area contributed by atoms with Gasteiger partial charge in [-0.2, -0.15) is 0 Å². The van der Waals surface area contributed by atoms with E-state index in [1.807, 2.05) is 32.9 Å². The Morgan fingerprint density at radius 2 is 1.79 bits per heavy atom. The molecule has 0 amide bonds. The van der Waals surface area contributed by atoms with Crippen LogP contribution in [0.2, 0.25) is 0 Å². The first-order chi connectivity index (χ1) is 9.19. The largest absolute Gasteiger partial charge is 0.357 e. The van der Waals surface area contributed by atoms with E-state index in [1.54, 1.807) is 0 Å². The van der Waals surface area contributed by atoms with E-state index in [2.05, 4.69) is 34.6 Å². The second-order valence-electron chi connectivity index (χ2n) is 5.37. The summed E-state index contributed by atoms with van der Waals surface area (Å²) in [6, 6.07) is 0. The van der Waals surface area contributed by atoms with E-state index in [-0.39, 0.29) is 0 Å². The van der Waals surface area contributed by atoms with Gasteiger partial charge in [-0.3, -0.25) is 0 Å². The zero-order valence-corrected chi connectivity index (χ0v) is 13.0. The first-order valence-corrected chi connectivity index (χ1v) is 7.42. The van der Waals surface area contributed by atoms with E-state index in [9.17, 15) is 0 Å². The summed E-state index contributed by atoms with van der Waals surface area (Å²) in [5.41, 5.74) is 0.609. The molecule has 3 nitrogen and oxygen atoms in total. The van der Waals surface area contributed by atoms with Gasteiger partial charge in [0, 0.05) is 26.2 Å². The van der Waals surface area contributed by atoms with Crippen LogP contribution in [0.15, 0.2) is 29.0 Å². The van der Waals surface area contributed by atoms with Crippen molar-refractivity contribution in [2.24, 2.45) is 10.4 Å². The van der Waals surface area contributed by atoms with Crippen molar-refractivity contribution in [1.82, 2.24) is 9.80 Å². The molecule has 0 aromatic heterocycles. The van der Waals surface area contributed by atoms with Crippen molar-refractivity contribution in [3.8, 4) is 0 Å². The van der Waals surface area contributed by atoms with Gasteiger partial charge in [-0.05, 0) is 45.0 Å². The number of hydrogen-bond acceptors (Lipinski definition) is 3. The van der Waals surface area contributed by atoms with Crippen LogP contribution >= 0.6 is 0 Å². The van der Waals surface area contributed by atoms with E-state index >= 15 is 0 Å². The molecule has 2 rings (SSSR count). The Morgan fingerprint density at radius 1 is 1.21 bits per heavy atom. The summed E-state index contributed by atoms with van der Waals surface area (Å²) >= 11 is 0. The van der Waals surface area contributed by atoms with Crippen LogP contribution < -0.4 is 0 Å². The highest BCUT2D eigenvalue weighted by Gasteiger charge is 2.43. The van der Waals surface area contributed by atoms with E-state index in [0.29, 0.717) is 5.41 Å². The highest BCUT2D eigenvalue weighted by atomic mass is 15.2. The lowest BCUT2D eigenvalue weighted by Gasteiger charge is -2.53. The number of allylic oxidation sites excluding steroid dienone is 3. The number of likely N-dealkylation sites (tertiary alicyclic amines) is 2. The van der Waals surface area contributed by atoms with Crippen LogP contribution in [0, 0.1) is 5.41 Å². The smallest absolute Gasteiger partial charge is 0.127 e. The first kappa shape index (κ1) is 16.0. The van der Waals surface area contributed by atoms with Gasteiger partial charge in [0.2, 0.25) is 0 Å². The molecular formula is C16H29N3. The minimum atomic E-state index is 0.609. The Morgan fingerprint density at radius 3 is 2.21 bits per heavy atom. The van der Waals surface area contributed by atoms with Crippen molar-refractivity contribution in [3.05, 3.63) is 24.0 Å². The quantitative estimate of drug-likeness (QED) is 0.575. The summed E-state index contributed by atoms with van der Waals surface area (Å²) in [6.45, 7) is 14.5. The zero-order chi connectivity index (χ0) is 14.3. The van der Waals surface area contributed by atoms with Gasteiger partial charge >= 0.3 is 0 Å². The third kappa shape index (κ3) is 3.93. The SMILES string of the molecule is C=N/C(=C\C=C/C)N1CCC2(CC1)CN(C)C2.CC. The summed E-state index contributed by atoms with van der Waals surface area (Å²) < 4.78 is 0. The summed E-state index contributed by atoms with van der Waals surface area (Å²) in [5, 5.41) is 0. The molecule has 0 N–H and O–H groups in total. The average molecular weight is 263 g/mol. The molecule has 0 radical (unpaired) electrons. The van der Waals surface area contributed by atoms with Crippen molar-refractivity contribution < 1.29 is 0 Å². The van der Waals surface area contributed by atoms with E-state index < -0.39 is 0 Å². The van der Waals surface area contributed by atoms with Crippen molar-refractivity contribution >= 4 is 6.72 Å². The van der Waals surface area contributed by atoms with Crippen molar-refractivity contribution in [1.29, 1.82) is 0 Å². The molecule has 0 aromatic rings. The number of nitrogens with zero attached hydrogens (tertiary/aromatic N) is 3. The van der Waals surface area contributed by atoms with Gasteiger partial charge in [0.1, 0.15) is 5.82 Å². The molecule has 2 aliphatic rings. The van der Waals surface area contributed by atoms with Crippen molar-refractivity contribution in [3.63, 3.8) is 0 Å². The number of aliphatic imine (C=N–C) groups is 1. The fourth-order valence-electron chi connectivity index (χ4n) is 3.07. The molecule has 2 saturated heterocycles. The lowest BCUT2D eigenvalue weighted by Crippen LogP contribution is -2.58. The van der Waals surface area contributed by atoms with Crippen LogP contribution in [0.5, 0.6) is 0 Å². The van der Waals surface area contributed by atoms with Crippen LogP contribution in [0.3, 0.4) is 0 Å². The summed E-state index contributed by atoms with van der Waals surface area (Å²) in [5.74, 6) is 1.02. The Bertz CT molecular complexity index is 328. The predicted molar refractivity (Wildman–Crippen MR) is 84.5 cm³/mol. The molecule has 0 atom stereocenters. The number of piperidine rings is 1. The Balaban J connectivity index is 0.000000861. The molecule has 0 aromatic carbocycles. The van der Waals surface area contributed by atoms with E-state index in [4.69, 9.17) is 0 Å². The molecule has 3 heteroatoms. The van der Waals surface area contributed by atoms with Gasteiger partial charge in [0.15, 0.2) is 0 Å². The molecule has 0 saturated carbocycles. The molecule has 2 heterocycles. The summed E-state index contributed by atoms with van der Waals surface area (Å²) in [6.07, 6.45) is 8.70. The summed E-state index contributed by atoms with van der Waals surface area (Å²) in [4.78, 5) is 8.90. The van der Waals surface area contributed by atoms with Crippen LogP contribution in [-0.4, -0.2) is 49.7 Å². The average Bonchev–Trinajstić information content (AvgIpc) is 2.42. The maximum atomic E-state index is 4.13. The second-order valence-corrected chi connectivity index (χ2v) is 5.37. The van der Waals surface area contributed by atoms with Gasteiger partial charge in [0.05, 0.1) is 0 Å². The number of hydrogen-bond donors (Lipinski definition) is 0. The van der Waals surface area contributed by atoms with E-state index in [0.717, 1.165) is 18.9 Å². The Hall–Kier alpha value is -1.09. The van der Waals surface area contributed by atoms with Crippen LogP contribution in [0.25, 0.3) is 0 Å². The topological polar surface area (TPSA) is 18.8 Å². The van der Waals surface area contributed by atoms with Crippen LogP contribution in [0.4, 0.5) is 0 Å². The first-order valence-electron chi connectivity index (χ1n) is 7.42. The van der Waals surface area contributed by atoms with Gasteiger partial charge in [0.25, 0.3) is 0 Å². The fraction of sp³-hybridized carbons (Fsp3) is 0.688. The minimum absolute atomic E-state index is 0.609. The third-order valence-corrected chi connectivity index (χ3v) is 3.96. The molecule has 0 bridgehead atoms. The van der Waals surface area contributed by atoms with Gasteiger partial charge < -0.3 is 9.80 Å². The Labute approximate surface area is 118 Å². The van der Waals surface area contributed by atoms with Gasteiger partial charge in [-0.15, -0.1) is 0 Å². The summed E-state index contributed by atoms with van der Waals surface area (Å²) in [7, 11) is 2.21. The second kappa shape index (κ2) is 7.49. The van der Waals surface area contributed by atoms with E-state index in [1.165, 1.54) is 25.9 Å². The highest BCUT2D eigenvalue weighted by Crippen LogP contribution is 2.40. The monoisotopic (exact) mass is 263 g/mol. The van der Waals surface area contributed by atoms with Crippen LogP contribution in [0.1, 0.15) is 33.6 Å². The van der Waals surface area contributed by atoms with Gasteiger partial charge in [-0.25, -0.2) is 4.99 Å². The molecule has 0 unspecified atom stereocenters. The molecule has 2 fully saturated rings. The molecule has 108 valence electrons. The van der Waals surface area contributed by atoms with Crippen molar-refractivity contribution in [2.45, 2.75) is 33.6 Å². The maximum Gasteiger partial charge on any atom is 0.127 e. The fourth-order valence-corrected chi connectivity index (χ4v) is 3.07. The molecule has 2 aliphatic heterocycles. The lowest BCUT2D eigenvalue weighted by molar-refractivity contribution is -0.0250. The Kier molecular flexibility index (Phi) is 6.29. The van der Waals surface area contributed by atoms with Crippen LogP contribution in [-0.2, 0) is 0 Å². The standard InChI is InChI=1S/C14H23N3.C2H6/c1-4-5-6-13(15-2)17-9-7-14(8-10-17)11-16(3)12-14;1-2/h4-6H,2,7-12H2,1,3H3;1-2H3/b5-4-,13-6+;. The lowest BCUT2D eigenvalue weighted by atomic mass is 9.72. The molecular weight excluding hydrogens is 234 g/mol. The highest BCUT2D eigenvalue weighted by molar-refractivity contribution is 5.30. The maximum absolute atomic E-state index is 4.13. The van der Waals surface area contributed by atoms with Crippen molar-refractivity contribution in [2.75, 3.05) is 33.2 Å². The minimum Gasteiger partial charge on any atom is -0.357 e. The number of rotatable bonds is 3. The molecule has 0 aliphatic carbocycles. The molecule has 19 heavy (non-hydrogen) atoms. The third-order valence-electron chi connectivity index (χ3n) is 3.96. The predicted octanol–water partition coefficient (Wildman–Crippen LogP) is 3.16. The van der Waals surface area contributed by atoms with Gasteiger partial charge in [-0.1, -0.05) is 26.0 Å². The normalized spacial score (nSPS) is 22.9.